The molecule has 2 aromatic heterocycles. The maximum atomic E-state index is 12.6. The third-order valence-corrected chi connectivity index (χ3v) is 5.42. The Morgan fingerprint density at radius 3 is 2.40 bits per heavy atom. The Morgan fingerprint density at radius 2 is 1.73 bits per heavy atom. The summed E-state index contributed by atoms with van der Waals surface area (Å²) in [5.41, 5.74) is 0.545. The summed E-state index contributed by atoms with van der Waals surface area (Å²) in [6.07, 6.45) is 9.31. The van der Waals surface area contributed by atoms with Gasteiger partial charge in [-0.25, -0.2) is 19.4 Å². The fourth-order valence-electron chi connectivity index (χ4n) is 4.57. The number of anilines is 1. The van der Waals surface area contributed by atoms with Crippen molar-refractivity contribution in [2.75, 3.05) is 25.0 Å². The molecule has 3 heterocycles. The van der Waals surface area contributed by atoms with Gasteiger partial charge in [0.05, 0.1) is 18.1 Å². The second-order valence-corrected chi connectivity index (χ2v) is 10.3. The monoisotopic (exact) mass is 415 g/mol. The molecule has 1 saturated heterocycles. The molecule has 2 aromatic rings. The van der Waals surface area contributed by atoms with Gasteiger partial charge in [0.25, 0.3) is 0 Å². The van der Waals surface area contributed by atoms with E-state index in [1.165, 1.54) is 32.0 Å². The molecule has 1 fully saturated rings. The largest absolute Gasteiger partial charge is 0.333 e. The van der Waals surface area contributed by atoms with Crippen LogP contribution < -0.4 is 10.6 Å². The number of rotatable bonds is 6. The van der Waals surface area contributed by atoms with Crippen molar-refractivity contribution in [3.05, 3.63) is 12.5 Å². The normalized spacial score (nSPS) is 16.4. The molecule has 0 unspecified atom stereocenters. The standard InChI is InChI=1S/C22H37N7O/c1-21(2,3)15-22(4,5)27-20(30)26-18-17-14-25-29(19(17)24-16-23-18)13-12-28-10-8-6-7-9-11-28/h14,16H,6-13,15H2,1-5H3,(H2,23,24,26,27,30). The van der Waals surface area contributed by atoms with E-state index in [0.717, 1.165) is 43.6 Å². The molecule has 0 aliphatic carbocycles. The van der Waals surface area contributed by atoms with Gasteiger partial charge in [0.15, 0.2) is 5.65 Å². The van der Waals surface area contributed by atoms with Crippen molar-refractivity contribution in [1.29, 1.82) is 0 Å². The number of hydrogen-bond donors (Lipinski definition) is 2. The second kappa shape index (κ2) is 9.29. The summed E-state index contributed by atoms with van der Waals surface area (Å²) in [6.45, 7) is 14.6. The van der Waals surface area contributed by atoms with Crippen LogP contribution in [0.5, 0.6) is 0 Å². The minimum absolute atomic E-state index is 0.119. The molecule has 30 heavy (non-hydrogen) atoms. The van der Waals surface area contributed by atoms with Gasteiger partial charge in [0.2, 0.25) is 0 Å². The first-order valence-electron chi connectivity index (χ1n) is 11.1. The quantitative estimate of drug-likeness (QED) is 0.743. The molecule has 0 bridgehead atoms. The number of likely N-dealkylation sites (tertiary alicyclic amines) is 1. The van der Waals surface area contributed by atoms with Gasteiger partial charge in [-0.15, -0.1) is 0 Å². The van der Waals surface area contributed by atoms with E-state index in [1.54, 1.807) is 6.20 Å². The van der Waals surface area contributed by atoms with E-state index in [9.17, 15) is 4.79 Å². The Balaban J connectivity index is 1.65. The van der Waals surface area contributed by atoms with Gasteiger partial charge in [-0.3, -0.25) is 5.32 Å². The Labute approximate surface area is 179 Å². The molecular weight excluding hydrogens is 378 g/mol. The van der Waals surface area contributed by atoms with Crippen molar-refractivity contribution in [2.45, 2.75) is 78.8 Å². The smallest absolute Gasteiger partial charge is 0.320 e. The fourth-order valence-corrected chi connectivity index (χ4v) is 4.57. The summed E-state index contributed by atoms with van der Waals surface area (Å²) in [5, 5.41) is 11.2. The number of carbonyl (C=O) groups is 1. The van der Waals surface area contributed by atoms with Crippen molar-refractivity contribution in [2.24, 2.45) is 5.41 Å². The maximum absolute atomic E-state index is 12.6. The summed E-state index contributed by atoms with van der Waals surface area (Å²) < 4.78 is 1.91. The average molecular weight is 416 g/mol. The number of urea groups is 1. The molecule has 0 aromatic carbocycles. The van der Waals surface area contributed by atoms with Crippen LogP contribution in [0.15, 0.2) is 12.5 Å². The summed E-state index contributed by atoms with van der Waals surface area (Å²) >= 11 is 0. The highest BCUT2D eigenvalue weighted by Gasteiger charge is 2.27. The van der Waals surface area contributed by atoms with E-state index >= 15 is 0 Å². The predicted octanol–water partition coefficient (Wildman–Crippen LogP) is 4.04. The van der Waals surface area contributed by atoms with Crippen LogP contribution in [0.4, 0.5) is 10.6 Å². The molecule has 3 rings (SSSR count). The molecule has 8 nitrogen and oxygen atoms in total. The number of amides is 2. The van der Waals surface area contributed by atoms with Gasteiger partial charge in [-0.2, -0.15) is 5.10 Å². The third-order valence-electron chi connectivity index (χ3n) is 5.42. The maximum Gasteiger partial charge on any atom is 0.320 e. The minimum Gasteiger partial charge on any atom is -0.333 e. The number of nitrogens with one attached hydrogen (secondary N) is 2. The number of aromatic nitrogens is 4. The topological polar surface area (TPSA) is 88.0 Å². The van der Waals surface area contributed by atoms with Gasteiger partial charge in [0.1, 0.15) is 12.1 Å². The van der Waals surface area contributed by atoms with Gasteiger partial charge in [0, 0.05) is 12.1 Å². The molecule has 0 spiro atoms. The summed E-state index contributed by atoms with van der Waals surface area (Å²) in [6, 6.07) is -0.262. The van der Waals surface area contributed by atoms with Gasteiger partial charge < -0.3 is 10.2 Å². The molecule has 0 saturated carbocycles. The van der Waals surface area contributed by atoms with E-state index in [-0.39, 0.29) is 17.0 Å². The molecule has 1 aliphatic heterocycles. The summed E-state index contributed by atoms with van der Waals surface area (Å²) in [7, 11) is 0. The van der Waals surface area contributed by atoms with Crippen LogP contribution in [0.1, 0.15) is 66.7 Å². The Bertz CT molecular complexity index is 845. The van der Waals surface area contributed by atoms with Crippen LogP contribution in [0.3, 0.4) is 0 Å². The van der Waals surface area contributed by atoms with E-state index in [1.807, 2.05) is 18.5 Å². The average Bonchev–Trinajstić information content (AvgIpc) is 2.85. The van der Waals surface area contributed by atoms with Gasteiger partial charge in [-0.1, -0.05) is 33.6 Å². The van der Waals surface area contributed by atoms with Gasteiger partial charge >= 0.3 is 6.03 Å². The fraction of sp³-hybridized carbons (Fsp3) is 0.727. The lowest BCUT2D eigenvalue weighted by Crippen LogP contribution is -2.47. The number of nitrogens with zero attached hydrogens (tertiary/aromatic N) is 5. The van der Waals surface area contributed by atoms with Crippen LogP contribution in [-0.4, -0.2) is 55.9 Å². The first kappa shape index (κ1) is 22.5. The van der Waals surface area contributed by atoms with Crippen LogP contribution in [-0.2, 0) is 6.54 Å². The molecule has 0 atom stereocenters. The second-order valence-electron chi connectivity index (χ2n) is 10.3. The molecule has 166 valence electrons. The van der Waals surface area contributed by atoms with E-state index in [2.05, 4.69) is 51.4 Å². The SMILES string of the molecule is CC(C)(C)CC(C)(C)NC(=O)Nc1ncnc2c1cnn2CCN1CCCCCC1. The molecular formula is C22H37N7O. The van der Waals surface area contributed by atoms with Crippen LogP contribution in [0.2, 0.25) is 0 Å². The zero-order chi connectivity index (χ0) is 21.8. The Morgan fingerprint density at radius 1 is 1.03 bits per heavy atom. The van der Waals surface area contributed by atoms with Crippen molar-refractivity contribution >= 4 is 22.9 Å². The van der Waals surface area contributed by atoms with Crippen molar-refractivity contribution in [3.63, 3.8) is 0 Å². The minimum atomic E-state index is -0.328. The highest BCUT2D eigenvalue weighted by Crippen LogP contribution is 2.27. The third kappa shape index (κ3) is 6.39. The summed E-state index contributed by atoms with van der Waals surface area (Å²) in [4.78, 5) is 23.8. The first-order valence-corrected chi connectivity index (χ1v) is 11.1. The molecule has 0 radical (unpaired) electrons. The van der Waals surface area contributed by atoms with Crippen molar-refractivity contribution in [3.8, 4) is 0 Å². The lowest BCUT2D eigenvalue weighted by Gasteiger charge is -2.33. The molecule has 8 heteroatoms. The van der Waals surface area contributed by atoms with E-state index in [0.29, 0.717) is 5.82 Å². The van der Waals surface area contributed by atoms with Crippen molar-refractivity contribution in [1.82, 2.24) is 30.0 Å². The Hall–Kier alpha value is -2.22. The summed E-state index contributed by atoms with van der Waals surface area (Å²) in [5.74, 6) is 0.491. The molecule has 2 N–H and O–H groups in total. The number of hydrogen-bond acceptors (Lipinski definition) is 5. The van der Waals surface area contributed by atoms with Crippen LogP contribution in [0.25, 0.3) is 11.0 Å². The zero-order valence-corrected chi connectivity index (χ0v) is 19.2. The molecule has 2 amide bonds. The van der Waals surface area contributed by atoms with E-state index in [4.69, 9.17) is 0 Å². The molecule has 1 aliphatic rings. The van der Waals surface area contributed by atoms with Crippen LogP contribution >= 0.6 is 0 Å². The van der Waals surface area contributed by atoms with Crippen molar-refractivity contribution < 1.29 is 4.79 Å². The lowest BCUT2D eigenvalue weighted by atomic mass is 9.82. The highest BCUT2D eigenvalue weighted by molar-refractivity contribution is 5.97. The number of carbonyl (C=O) groups excluding carboxylic acids is 1. The zero-order valence-electron chi connectivity index (χ0n) is 19.2. The first-order chi connectivity index (χ1) is 14.1. The number of fused-ring (bicyclic) bond motifs is 1. The van der Waals surface area contributed by atoms with E-state index < -0.39 is 0 Å². The van der Waals surface area contributed by atoms with Gasteiger partial charge in [-0.05, 0) is 51.6 Å². The van der Waals surface area contributed by atoms with Crippen LogP contribution in [0, 0.1) is 5.41 Å². The Kier molecular flexibility index (Phi) is 6.95. The predicted molar refractivity (Wildman–Crippen MR) is 121 cm³/mol. The lowest BCUT2D eigenvalue weighted by molar-refractivity contribution is 0.220. The highest BCUT2D eigenvalue weighted by atomic mass is 16.2.